The number of benzene rings is 1. The summed E-state index contributed by atoms with van der Waals surface area (Å²) in [6, 6.07) is 7.11. The Morgan fingerprint density at radius 3 is 2.54 bits per heavy atom. The van der Waals surface area contributed by atoms with Gasteiger partial charge in [0.15, 0.2) is 0 Å². The second-order valence-corrected chi connectivity index (χ2v) is 6.75. The number of hydrogen-bond donors (Lipinski definition) is 1. The summed E-state index contributed by atoms with van der Waals surface area (Å²) in [5.41, 5.74) is 1.37. The number of likely N-dealkylation sites (tertiary alicyclic amines) is 1. The van der Waals surface area contributed by atoms with Crippen molar-refractivity contribution >= 4 is 23.5 Å². The van der Waals surface area contributed by atoms with Crippen LogP contribution in [0.25, 0.3) is 11.5 Å². The van der Waals surface area contributed by atoms with Gasteiger partial charge >= 0.3 is 5.97 Å². The van der Waals surface area contributed by atoms with Crippen molar-refractivity contribution in [1.29, 1.82) is 0 Å². The molecule has 2 heterocycles. The summed E-state index contributed by atoms with van der Waals surface area (Å²) >= 11 is 5.85. The van der Waals surface area contributed by atoms with Gasteiger partial charge in [0.2, 0.25) is 11.8 Å². The van der Waals surface area contributed by atoms with Crippen molar-refractivity contribution in [1.82, 2.24) is 9.88 Å². The van der Waals surface area contributed by atoms with E-state index in [2.05, 4.69) is 4.98 Å². The smallest absolute Gasteiger partial charge is 0.307 e. The Bertz CT molecular complexity index is 789. The number of piperidine rings is 1. The van der Waals surface area contributed by atoms with Gasteiger partial charge in [-0.05, 0) is 36.1 Å². The van der Waals surface area contributed by atoms with Gasteiger partial charge in [-0.15, -0.1) is 0 Å². The zero-order valence-electron chi connectivity index (χ0n) is 12.7. The first kappa shape index (κ1) is 15.2. The summed E-state index contributed by atoms with van der Waals surface area (Å²) in [4.78, 5) is 29.4. The van der Waals surface area contributed by atoms with Crippen LogP contribution in [0.15, 0.2) is 34.9 Å². The maximum atomic E-state index is 12.3. The third-order valence-electron chi connectivity index (χ3n) is 4.81. The Balaban J connectivity index is 1.37. The van der Waals surface area contributed by atoms with Crippen LogP contribution in [0, 0.1) is 17.8 Å². The predicted molar refractivity (Wildman–Crippen MR) is 85.3 cm³/mol. The van der Waals surface area contributed by atoms with Gasteiger partial charge in [0, 0.05) is 23.7 Å². The lowest BCUT2D eigenvalue weighted by molar-refractivity contribution is -0.140. The van der Waals surface area contributed by atoms with Gasteiger partial charge in [-0.2, -0.15) is 0 Å². The first-order valence-corrected chi connectivity index (χ1v) is 8.11. The van der Waals surface area contributed by atoms with Crippen LogP contribution in [0.4, 0.5) is 0 Å². The molecule has 1 saturated heterocycles. The number of carboxylic acid groups (broad SMARTS) is 1. The molecule has 1 aromatic heterocycles. The highest BCUT2D eigenvalue weighted by molar-refractivity contribution is 6.30. The summed E-state index contributed by atoms with van der Waals surface area (Å²) in [6.45, 7) is 1.06. The molecule has 0 spiro atoms. The second-order valence-electron chi connectivity index (χ2n) is 6.32. The first-order chi connectivity index (χ1) is 11.5. The van der Waals surface area contributed by atoms with Crippen molar-refractivity contribution in [2.45, 2.75) is 6.42 Å². The molecule has 3 atom stereocenters. The number of halogens is 1. The van der Waals surface area contributed by atoms with Crippen LogP contribution in [0.3, 0.4) is 0 Å². The van der Waals surface area contributed by atoms with Gasteiger partial charge in [-0.3, -0.25) is 9.59 Å². The second kappa shape index (κ2) is 5.63. The number of carboxylic acids is 1. The van der Waals surface area contributed by atoms with Crippen LogP contribution in [-0.2, 0) is 16.0 Å². The van der Waals surface area contributed by atoms with E-state index in [1.54, 1.807) is 29.2 Å². The third-order valence-corrected chi connectivity index (χ3v) is 5.06. The molecule has 7 heteroatoms. The molecule has 1 saturated carbocycles. The topological polar surface area (TPSA) is 83.6 Å². The lowest BCUT2D eigenvalue weighted by Gasteiger charge is -2.18. The zero-order chi connectivity index (χ0) is 16.8. The third kappa shape index (κ3) is 2.67. The highest BCUT2D eigenvalue weighted by Crippen LogP contribution is 2.51. The van der Waals surface area contributed by atoms with Crippen LogP contribution in [0.5, 0.6) is 0 Å². The maximum absolute atomic E-state index is 12.3. The summed E-state index contributed by atoms with van der Waals surface area (Å²) in [5.74, 6) is -0.368. The van der Waals surface area contributed by atoms with Crippen molar-refractivity contribution in [2.24, 2.45) is 17.8 Å². The molecular weight excluding hydrogens is 332 g/mol. The molecular formula is C17H15ClN2O4. The number of aliphatic carboxylic acids is 1. The average Bonchev–Trinajstić information content (AvgIpc) is 2.90. The number of rotatable bonds is 4. The van der Waals surface area contributed by atoms with Gasteiger partial charge in [-0.25, -0.2) is 4.98 Å². The molecule has 2 aromatic rings. The summed E-state index contributed by atoms with van der Waals surface area (Å²) in [7, 11) is 0. The molecule has 2 fully saturated rings. The van der Waals surface area contributed by atoms with E-state index in [0.717, 1.165) is 5.56 Å². The molecule has 0 radical (unpaired) electrons. The Hall–Kier alpha value is -2.34. The molecule has 1 aliphatic heterocycles. The van der Waals surface area contributed by atoms with Crippen molar-refractivity contribution in [2.75, 3.05) is 13.1 Å². The van der Waals surface area contributed by atoms with Crippen LogP contribution in [0.2, 0.25) is 5.02 Å². The Kier molecular flexibility index (Phi) is 3.57. The number of amides is 1. The number of aromatic nitrogens is 1. The van der Waals surface area contributed by atoms with E-state index in [9.17, 15) is 9.59 Å². The number of oxazole rings is 1. The molecule has 24 heavy (non-hydrogen) atoms. The maximum Gasteiger partial charge on any atom is 0.307 e. The lowest BCUT2D eigenvalue weighted by Crippen LogP contribution is -2.33. The Morgan fingerprint density at radius 2 is 1.92 bits per heavy atom. The molecule has 1 amide bonds. The van der Waals surface area contributed by atoms with E-state index in [1.807, 2.05) is 0 Å². The fraction of sp³-hybridized carbons (Fsp3) is 0.353. The zero-order valence-corrected chi connectivity index (χ0v) is 13.4. The van der Waals surface area contributed by atoms with Crippen molar-refractivity contribution in [3.05, 3.63) is 41.2 Å². The molecule has 124 valence electrons. The van der Waals surface area contributed by atoms with Crippen LogP contribution < -0.4 is 0 Å². The Morgan fingerprint density at radius 1 is 1.25 bits per heavy atom. The van der Waals surface area contributed by atoms with Gasteiger partial charge in [0.05, 0.1) is 18.0 Å². The molecule has 2 aliphatic rings. The number of carbonyl (C=O) groups excluding carboxylic acids is 1. The molecule has 1 aromatic carbocycles. The molecule has 1 unspecified atom stereocenters. The Labute approximate surface area is 143 Å². The quantitative estimate of drug-likeness (QED) is 0.918. The van der Waals surface area contributed by atoms with E-state index in [4.69, 9.17) is 21.1 Å². The number of nitrogens with zero attached hydrogens (tertiary/aromatic N) is 2. The molecule has 6 nitrogen and oxygen atoms in total. The SMILES string of the molecule is O=C(O)C1[C@H]2CN(C(=O)Cc3coc(-c4ccc(Cl)cc4)n3)C[C@@H]12. The molecule has 4 rings (SSSR count). The van der Waals surface area contributed by atoms with Gasteiger partial charge in [0.1, 0.15) is 6.26 Å². The lowest BCUT2D eigenvalue weighted by atomic mass is 10.2. The van der Waals surface area contributed by atoms with E-state index < -0.39 is 5.97 Å². The van der Waals surface area contributed by atoms with Crippen molar-refractivity contribution in [3.8, 4) is 11.5 Å². The van der Waals surface area contributed by atoms with Crippen molar-refractivity contribution in [3.63, 3.8) is 0 Å². The normalized spacial score (nSPS) is 24.7. The van der Waals surface area contributed by atoms with Crippen LogP contribution in [0.1, 0.15) is 5.69 Å². The number of fused-ring (bicyclic) bond motifs is 1. The van der Waals surface area contributed by atoms with E-state index in [0.29, 0.717) is 29.7 Å². The fourth-order valence-corrected chi connectivity index (χ4v) is 3.60. The molecule has 1 N–H and O–H groups in total. The summed E-state index contributed by atoms with van der Waals surface area (Å²) < 4.78 is 5.43. The summed E-state index contributed by atoms with van der Waals surface area (Å²) in [6.07, 6.45) is 1.65. The molecule has 1 aliphatic carbocycles. The standard InChI is InChI=1S/C17H15ClN2O4/c18-10-3-1-9(2-4-10)16-19-11(8-24-16)5-14(21)20-6-12-13(7-20)15(12)17(22)23/h1-4,8,12-13,15H,5-7H2,(H,22,23)/t12-,13+,15?. The van der Waals surface area contributed by atoms with Crippen LogP contribution in [-0.4, -0.2) is 40.0 Å². The van der Waals surface area contributed by atoms with E-state index in [-0.39, 0.29) is 30.1 Å². The van der Waals surface area contributed by atoms with E-state index in [1.165, 1.54) is 6.26 Å². The van der Waals surface area contributed by atoms with Gasteiger partial charge in [-0.1, -0.05) is 11.6 Å². The summed E-state index contributed by atoms with van der Waals surface area (Å²) in [5, 5.41) is 9.65. The molecule has 0 bridgehead atoms. The number of hydrogen-bond acceptors (Lipinski definition) is 4. The largest absolute Gasteiger partial charge is 0.481 e. The monoisotopic (exact) mass is 346 g/mol. The first-order valence-electron chi connectivity index (χ1n) is 7.74. The highest BCUT2D eigenvalue weighted by atomic mass is 35.5. The number of carbonyl (C=O) groups is 2. The van der Waals surface area contributed by atoms with Crippen LogP contribution >= 0.6 is 11.6 Å². The van der Waals surface area contributed by atoms with E-state index >= 15 is 0 Å². The van der Waals surface area contributed by atoms with Gasteiger partial charge < -0.3 is 14.4 Å². The predicted octanol–water partition coefficient (Wildman–Crippen LogP) is 2.33. The minimum absolute atomic E-state index is 0.0395. The van der Waals surface area contributed by atoms with Crippen molar-refractivity contribution < 1.29 is 19.1 Å². The highest BCUT2D eigenvalue weighted by Gasteiger charge is 2.60. The average molecular weight is 347 g/mol. The fourth-order valence-electron chi connectivity index (χ4n) is 3.48. The minimum atomic E-state index is -0.749. The minimum Gasteiger partial charge on any atom is -0.481 e. The van der Waals surface area contributed by atoms with Gasteiger partial charge in [0.25, 0.3) is 0 Å².